The lowest BCUT2D eigenvalue weighted by atomic mass is 10.0. The highest BCUT2D eigenvalue weighted by Crippen LogP contribution is 2.33. The molecule has 0 spiro atoms. The highest BCUT2D eigenvalue weighted by molar-refractivity contribution is 5.78. The minimum atomic E-state index is 0.554. The number of nitrogens with zero attached hydrogens (tertiary/aromatic N) is 6. The molecule has 0 atom stereocenters. The van der Waals surface area contributed by atoms with E-state index in [1.54, 1.807) is 18.6 Å². The first-order chi connectivity index (χ1) is 14.7. The standard InChI is InChI=1S/C21H27N7O2/c1-4-16-15(3)27-30-20(16)17-12-25-21(22-5-6-28-7-9-29-10-8-28)26-19(17)18-13-23-14(2)11-24-18/h11-13H,4-10H2,1-3H3,(H,22,25,26). The fourth-order valence-electron chi connectivity index (χ4n) is 3.51. The summed E-state index contributed by atoms with van der Waals surface area (Å²) in [5.74, 6) is 1.24. The fraction of sp³-hybridized carbons (Fsp3) is 0.476. The minimum absolute atomic E-state index is 0.554. The van der Waals surface area contributed by atoms with Crippen LogP contribution in [0.5, 0.6) is 0 Å². The molecule has 3 aromatic rings. The summed E-state index contributed by atoms with van der Waals surface area (Å²) >= 11 is 0. The summed E-state index contributed by atoms with van der Waals surface area (Å²) < 4.78 is 11.0. The van der Waals surface area contributed by atoms with Gasteiger partial charge in [0.15, 0.2) is 5.76 Å². The third kappa shape index (κ3) is 4.47. The summed E-state index contributed by atoms with van der Waals surface area (Å²) in [6, 6.07) is 0. The van der Waals surface area contributed by atoms with Gasteiger partial charge < -0.3 is 14.6 Å². The Kier molecular flexibility index (Phi) is 6.29. The van der Waals surface area contributed by atoms with Gasteiger partial charge in [-0.2, -0.15) is 0 Å². The summed E-state index contributed by atoms with van der Waals surface area (Å²) in [7, 11) is 0. The van der Waals surface area contributed by atoms with Crippen molar-refractivity contribution in [1.29, 1.82) is 0 Å². The Morgan fingerprint density at radius 2 is 1.90 bits per heavy atom. The Hall–Kier alpha value is -2.91. The van der Waals surface area contributed by atoms with Crippen molar-refractivity contribution in [3.05, 3.63) is 35.5 Å². The number of aryl methyl sites for hydroxylation is 2. The van der Waals surface area contributed by atoms with E-state index in [0.717, 1.165) is 68.3 Å². The van der Waals surface area contributed by atoms with E-state index in [9.17, 15) is 0 Å². The van der Waals surface area contributed by atoms with Crippen LogP contribution in [0, 0.1) is 13.8 Å². The van der Waals surface area contributed by atoms with E-state index < -0.39 is 0 Å². The van der Waals surface area contributed by atoms with E-state index in [1.165, 1.54) is 0 Å². The van der Waals surface area contributed by atoms with Crippen LogP contribution in [-0.2, 0) is 11.2 Å². The van der Waals surface area contributed by atoms with Crippen molar-refractivity contribution < 1.29 is 9.26 Å². The van der Waals surface area contributed by atoms with E-state index in [1.807, 2.05) is 13.8 Å². The number of aromatic nitrogens is 5. The van der Waals surface area contributed by atoms with Crippen LogP contribution in [0.2, 0.25) is 0 Å². The molecule has 158 valence electrons. The molecule has 0 amide bonds. The Morgan fingerprint density at radius 1 is 1.07 bits per heavy atom. The summed E-state index contributed by atoms with van der Waals surface area (Å²) in [5, 5.41) is 7.47. The lowest BCUT2D eigenvalue weighted by Gasteiger charge is -2.26. The van der Waals surface area contributed by atoms with Gasteiger partial charge >= 0.3 is 0 Å². The van der Waals surface area contributed by atoms with Gasteiger partial charge in [0, 0.05) is 44.1 Å². The molecule has 4 heterocycles. The van der Waals surface area contributed by atoms with Gasteiger partial charge in [0.05, 0.1) is 36.4 Å². The molecule has 0 aliphatic carbocycles. The predicted octanol–water partition coefficient (Wildman–Crippen LogP) is 2.51. The zero-order chi connectivity index (χ0) is 20.9. The molecule has 9 nitrogen and oxygen atoms in total. The van der Waals surface area contributed by atoms with Crippen LogP contribution in [0.15, 0.2) is 23.1 Å². The van der Waals surface area contributed by atoms with Crippen molar-refractivity contribution in [2.45, 2.75) is 27.2 Å². The highest BCUT2D eigenvalue weighted by atomic mass is 16.5. The minimum Gasteiger partial charge on any atom is -0.379 e. The van der Waals surface area contributed by atoms with Gasteiger partial charge in [0.2, 0.25) is 5.95 Å². The number of rotatable bonds is 7. The van der Waals surface area contributed by atoms with E-state index in [0.29, 0.717) is 23.1 Å². The number of morpholine rings is 1. The summed E-state index contributed by atoms with van der Waals surface area (Å²) in [4.78, 5) is 20.6. The number of anilines is 1. The van der Waals surface area contributed by atoms with Crippen molar-refractivity contribution >= 4 is 5.95 Å². The van der Waals surface area contributed by atoms with Crippen LogP contribution in [-0.4, -0.2) is 69.4 Å². The van der Waals surface area contributed by atoms with Crippen molar-refractivity contribution in [2.75, 3.05) is 44.7 Å². The Labute approximate surface area is 175 Å². The van der Waals surface area contributed by atoms with Crippen LogP contribution in [0.1, 0.15) is 23.9 Å². The van der Waals surface area contributed by atoms with E-state index in [-0.39, 0.29) is 0 Å². The third-order valence-corrected chi connectivity index (χ3v) is 5.21. The molecule has 9 heteroatoms. The second kappa shape index (κ2) is 9.27. The number of ether oxygens (including phenoxy) is 1. The normalized spacial score (nSPS) is 14.8. The van der Waals surface area contributed by atoms with E-state index >= 15 is 0 Å². The van der Waals surface area contributed by atoms with E-state index in [2.05, 4.69) is 37.2 Å². The first kappa shape index (κ1) is 20.4. The molecule has 30 heavy (non-hydrogen) atoms. The van der Waals surface area contributed by atoms with Gasteiger partial charge in [-0.1, -0.05) is 12.1 Å². The maximum atomic E-state index is 5.64. The maximum Gasteiger partial charge on any atom is 0.223 e. The Morgan fingerprint density at radius 3 is 2.63 bits per heavy atom. The number of nitrogens with one attached hydrogen (secondary N) is 1. The van der Waals surface area contributed by atoms with Gasteiger partial charge in [0.1, 0.15) is 11.4 Å². The molecule has 1 saturated heterocycles. The Balaban J connectivity index is 1.62. The Bertz CT molecular complexity index is 982. The van der Waals surface area contributed by atoms with Gasteiger partial charge in [-0.3, -0.25) is 14.9 Å². The van der Waals surface area contributed by atoms with Crippen molar-refractivity contribution in [1.82, 2.24) is 30.0 Å². The molecule has 0 bridgehead atoms. The van der Waals surface area contributed by atoms with Gasteiger partial charge in [-0.15, -0.1) is 0 Å². The fourth-order valence-corrected chi connectivity index (χ4v) is 3.51. The average Bonchev–Trinajstić information content (AvgIpc) is 3.15. The third-order valence-electron chi connectivity index (χ3n) is 5.21. The first-order valence-corrected chi connectivity index (χ1v) is 10.3. The molecule has 0 aromatic carbocycles. The SMILES string of the molecule is CCc1c(C)noc1-c1cnc(NCCN2CCOCC2)nc1-c1cnc(C)cn1. The van der Waals surface area contributed by atoms with Crippen LogP contribution in [0.4, 0.5) is 5.95 Å². The highest BCUT2D eigenvalue weighted by Gasteiger charge is 2.21. The van der Waals surface area contributed by atoms with Gasteiger partial charge in [-0.25, -0.2) is 9.97 Å². The van der Waals surface area contributed by atoms with Crippen LogP contribution < -0.4 is 5.32 Å². The first-order valence-electron chi connectivity index (χ1n) is 10.3. The molecular weight excluding hydrogens is 382 g/mol. The molecule has 4 rings (SSSR count). The van der Waals surface area contributed by atoms with Crippen LogP contribution in [0.3, 0.4) is 0 Å². The molecule has 3 aromatic heterocycles. The zero-order valence-corrected chi connectivity index (χ0v) is 17.7. The van der Waals surface area contributed by atoms with Crippen molar-refractivity contribution in [3.8, 4) is 22.7 Å². The molecule has 0 radical (unpaired) electrons. The lowest BCUT2D eigenvalue weighted by Crippen LogP contribution is -2.39. The zero-order valence-electron chi connectivity index (χ0n) is 17.7. The summed E-state index contributed by atoms with van der Waals surface area (Å²) in [5.41, 5.74) is 4.89. The smallest absolute Gasteiger partial charge is 0.223 e. The molecular formula is C21H27N7O2. The second-order valence-corrected chi connectivity index (χ2v) is 7.31. The number of hydrogen-bond acceptors (Lipinski definition) is 9. The van der Waals surface area contributed by atoms with Crippen molar-refractivity contribution in [3.63, 3.8) is 0 Å². The lowest BCUT2D eigenvalue weighted by molar-refractivity contribution is 0.0398. The quantitative estimate of drug-likeness (QED) is 0.630. The molecule has 1 fully saturated rings. The predicted molar refractivity (Wildman–Crippen MR) is 113 cm³/mol. The van der Waals surface area contributed by atoms with Crippen LogP contribution >= 0.6 is 0 Å². The van der Waals surface area contributed by atoms with Crippen molar-refractivity contribution in [2.24, 2.45) is 0 Å². The van der Waals surface area contributed by atoms with Gasteiger partial charge in [-0.05, 0) is 20.3 Å². The average molecular weight is 409 g/mol. The molecule has 1 aliphatic heterocycles. The summed E-state index contributed by atoms with van der Waals surface area (Å²) in [6.07, 6.45) is 6.05. The number of hydrogen-bond donors (Lipinski definition) is 1. The van der Waals surface area contributed by atoms with E-state index in [4.69, 9.17) is 14.2 Å². The summed E-state index contributed by atoms with van der Waals surface area (Å²) in [6.45, 7) is 11.1. The molecule has 1 N–H and O–H groups in total. The largest absolute Gasteiger partial charge is 0.379 e. The monoisotopic (exact) mass is 409 g/mol. The topological polar surface area (TPSA) is 102 Å². The maximum absolute atomic E-state index is 5.64. The van der Waals surface area contributed by atoms with Crippen LogP contribution in [0.25, 0.3) is 22.7 Å². The second-order valence-electron chi connectivity index (χ2n) is 7.31. The molecule has 0 unspecified atom stereocenters. The molecule has 0 saturated carbocycles. The van der Waals surface area contributed by atoms with Gasteiger partial charge in [0.25, 0.3) is 0 Å². The molecule has 1 aliphatic rings.